The number of carbonyl (C=O) groups excluding carboxylic acids is 2. The van der Waals surface area contributed by atoms with E-state index in [1.807, 2.05) is 18.2 Å². The van der Waals surface area contributed by atoms with E-state index in [9.17, 15) is 19.7 Å². The summed E-state index contributed by atoms with van der Waals surface area (Å²) in [6.07, 6.45) is 1.55. The lowest BCUT2D eigenvalue weighted by molar-refractivity contribution is -0.384. The van der Waals surface area contributed by atoms with Crippen LogP contribution < -0.4 is 9.47 Å². The summed E-state index contributed by atoms with van der Waals surface area (Å²) in [4.78, 5) is 37.5. The summed E-state index contributed by atoms with van der Waals surface area (Å²) in [6.45, 7) is 1.47. The van der Waals surface area contributed by atoms with Crippen LogP contribution in [-0.2, 0) is 4.74 Å². The summed E-state index contributed by atoms with van der Waals surface area (Å²) < 4.78 is 15.9. The van der Waals surface area contributed by atoms with Gasteiger partial charge in [-0.15, -0.1) is 0 Å². The summed E-state index contributed by atoms with van der Waals surface area (Å²) >= 11 is 0. The summed E-state index contributed by atoms with van der Waals surface area (Å²) in [5.74, 6) is 0.197. The van der Waals surface area contributed by atoms with Gasteiger partial charge in [-0.2, -0.15) is 0 Å². The maximum atomic E-state index is 13.3. The van der Waals surface area contributed by atoms with Crippen molar-refractivity contribution in [2.24, 2.45) is 0 Å². The molecule has 1 amide bonds. The number of likely N-dealkylation sites (tertiary alicyclic amines) is 1. The van der Waals surface area contributed by atoms with Gasteiger partial charge in [-0.25, -0.2) is 4.79 Å². The van der Waals surface area contributed by atoms with Crippen LogP contribution in [0.3, 0.4) is 0 Å². The van der Waals surface area contributed by atoms with Crippen LogP contribution in [0.1, 0.15) is 45.2 Å². The number of fused-ring (bicyclic) bond motifs is 1. The minimum Gasteiger partial charge on any atom is -0.486 e. The van der Waals surface area contributed by atoms with Gasteiger partial charge >= 0.3 is 5.97 Å². The largest absolute Gasteiger partial charge is 0.486 e. The van der Waals surface area contributed by atoms with E-state index < -0.39 is 10.9 Å². The first-order valence-corrected chi connectivity index (χ1v) is 9.56. The summed E-state index contributed by atoms with van der Waals surface area (Å²) in [5.41, 5.74) is 0.610. The van der Waals surface area contributed by atoms with E-state index in [-0.39, 0.29) is 28.8 Å². The van der Waals surface area contributed by atoms with Crippen LogP contribution in [0.2, 0.25) is 0 Å². The van der Waals surface area contributed by atoms with Crippen molar-refractivity contribution in [3.8, 4) is 11.5 Å². The fourth-order valence-corrected chi connectivity index (χ4v) is 3.87. The van der Waals surface area contributed by atoms with Gasteiger partial charge in [0.2, 0.25) is 0 Å². The summed E-state index contributed by atoms with van der Waals surface area (Å²) in [7, 11) is 1.18. The predicted molar refractivity (Wildman–Crippen MR) is 105 cm³/mol. The number of ether oxygens (including phenoxy) is 3. The van der Waals surface area contributed by atoms with Gasteiger partial charge in [0.1, 0.15) is 13.2 Å². The third-order valence-corrected chi connectivity index (χ3v) is 5.26. The van der Waals surface area contributed by atoms with E-state index in [0.29, 0.717) is 31.3 Å². The molecule has 2 aliphatic rings. The van der Waals surface area contributed by atoms with Crippen molar-refractivity contribution in [2.75, 3.05) is 26.9 Å². The van der Waals surface area contributed by atoms with Gasteiger partial charge in [-0.05, 0) is 36.6 Å². The molecule has 9 heteroatoms. The van der Waals surface area contributed by atoms with E-state index in [2.05, 4.69) is 4.74 Å². The molecule has 2 aromatic carbocycles. The number of hydrogen-bond acceptors (Lipinski definition) is 7. The standard InChI is InChI=1S/C21H20N2O7/c1-28-21(25)15-9-14(10-16(11-15)23(26)27)20(24)22-6-2-3-17(22)13-4-5-18-19(12-13)30-8-7-29-18/h4-5,9-12,17H,2-3,6-8H2,1H3/t17-/m1/s1. The number of methoxy groups -OCH3 is 1. The fraction of sp³-hybridized carbons (Fsp3) is 0.333. The zero-order valence-electron chi connectivity index (χ0n) is 16.3. The van der Waals surface area contributed by atoms with E-state index >= 15 is 0 Å². The minimum atomic E-state index is -0.738. The predicted octanol–water partition coefficient (Wildman–Crippen LogP) is 3.13. The van der Waals surface area contributed by atoms with Crippen molar-refractivity contribution < 1.29 is 28.7 Å². The maximum Gasteiger partial charge on any atom is 0.338 e. The van der Waals surface area contributed by atoms with Crippen molar-refractivity contribution in [1.82, 2.24) is 4.90 Å². The average Bonchev–Trinajstić information content (AvgIpc) is 3.27. The molecule has 0 aromatic heterocycles. The minimum absolute atomic E-state index is 0.0369. The molecule has 2 aromatic rings. The Morgan fingerprint density at radius 3 is 2.57 bits per heavy atom. The lowest BCUT2D eigenvalue weighted by Crippen LogP contribution is -2.31. The summed E-state index contributed by atoms with van der Waals surface area (Å²) in [6, 6.07) is 9.02. The van der Waals surface area contributed by atoms with Crippen LogP contribution >= 0.6 is 0 Å². The molecule has 30 heavy (non-hydrogen) atoms. The zero-order valence-corrected chi connectivity index (χ0v) is 16.3. The van der Waals surface area contributed by atoms with E-state index in [4.69, 9.17) is 9.47 Å². The van der Waals surface area contributed by atoms with Crippen molar-refractivity contribution in [3.63, 3.8) is 0 Å². The third kappa shape index (κ3) is 3.66. The number of hydrogen-bond donors (Lipinski definition) is 0. The van der Waals surface area contributed by atoms with Gasteiger partial charge in [-0.3, -0.25) is 14.9 Å². The van der Waals surface area contributed by atoms with Crippen LogP contribution in [0.5, 0.6) is 11.5 Å². The van der Waals surface area contributed by atoms with Crippen LogP contribution in [0.4, 0.5) is 5.69 Å². The second-order valence-electron chi connectivity index (χ2n) is 7.08. The maximum absolute atomic E-state index is 13.3. The van der Waals surface area contributed by atoms with Crippen molar-refractivity contribution in [3.05, 3.63) is 63.2 Å². The highest BCUT2D eigenvalue weighted by atomic mass is 16.6. The molecule has 9 nitrogen and oxygen atoms in total. The number of esters is 1. The first-order valence-electron chi connectivity index (χ1n) is 9.56. The molecule has 0 N–H and O–H groups in total. The second-order valence-corrected chi connectivity index (χ2v) is 7.08. The van der Waals surface area contributed by atoms with Crippen molar-refractivity contribution in [2.45, 2.75) is 18.9 Å². The Morgan fingerprint density at radius 1 is 1.10 bits per heavy atom. The topological polar surface area (TPSA) is 108 Å². The number of nitro groups is 1. The SMILES string of the molecule is COC(=O)c1cc(C(=O)N2CCC[C@@H]2c2ccc3c(c2)OCCO3)cc([N+](=O)[O-])c1. The van der Waals surface area contributed by atoms with Gasteiger partial charge in [0, 0.05) is 24.2 Å². The molecular weight excluding hydrogens is 392 g/mol. The Labute approximate surface area is 172 Å². The highest BCUT2D eigenvalue weighted by Crippen LogP contribution is 2.38. The first kappa shape index (κ1) is 19.7. The van der Waals surface area contributed by atoms with Crippen molar-refractivity contribution in [1.29, 1.82) is 0 Å². The molecule has 2 aliphatic heterocycles. The fourth-order valence-electron chi connectivity index (χ4n) is 3.87. The Kier molecular flexibility index (Phi) is 5.26. The zero-order chi connectivity index (χ0) is 21.3. The Balaban J connectivity index is 1.66. The molecule has 0 aliphatic carbocycles. The Hall–Kier alpha value is -3.62. The Morgan fingerprint density at radius 2 is 1.83 bits per heavy atom. The molecule has 0 saturated carbocycles. The number of amides is 1. The monoisotopic (exact) mass is 412 g/mol. The van der Waals surface area contributed by atoms with Crippen LogP contribution in [0.25, 0.3) is 0 Å². The number of nitro benzene ring substituents is 1. The second kappa shape index (κ2) is 8.02. The van der Waals surface area contributed by atoms with Crippen LogP contribution in [0, 0.1) is 10.1 Å². The van der Waals surface area contributed by atoms with Gasteiger partial charge in [0.05, 0.1) is 23.6 Å². The normalized spacial score (nSPS) is 17.5. The molecule has 0 bridgehead atoms. The highest BCUT2D eigenvalue weighted by Gasteiger charge is 2.32. The third-order valence-electron chi connectivity index (χ3n) is 5.26. The molecule has 1 saturated heterocycles. The molecule has 0 spiro atoms. The molecule has 1 fully saturated rings. The molecule has 4 rings (SSSR count). The molecular formula is C21H20N2O7. The van der Waals surface area contributed by atoms with Crippen LogP contribution in [0.15, 0.2) is 36.4 Å². The first-order chi connectivity index (χ1) is 14.5. The number of non-ortho nitro benzene ring substituents is 1. The molecule has 1 atom stereocenters. The van der Waals surface area contributed by atoms with E-state index in [1.54, 1.807) is 4.90 Å². The molecule has 2 heterocycles. The quantitative estimate of drug-likeness (QED) is 0.431. The number of carbonyl (C=O) groups is 2. The molecule has 156 valence electrons. The number of benzene rings is 2. The van der Waals surface area contributed by atoms with E-state index in [0.717, 1.165) is 24.5 Å². The lowest BCUT2D eigenvalue weighted by Gasteiger charge is -2.27. The van der Waals surface area contributed by atoms with Gasteiger partial charge in [0.25, 0.3) is 11.6 Å². The molecule has 0 unspecified atom stereocenters. The Bertz CT molecular complexity index is 1020. The molecule has 0 radical (unpaired) electrons. The summed E-state index contributed by atoms with van der Waals surface area (Å²) in [5, 5.41) is 11.3. The lowest BCUT2D eigenvalue weighted by atomic mass is 10.0. The number of rotatable bonds is 4. The highest BCUT2D eigenvalue weighted by molar-refractivity contribution is 5.99. The smallest absolute Gasteiger partial charge is 0.338 e. The van der Waals surface area contributed by atoms with Gasteiger partial charge < -0.3 is 19.1 Å². The van der Waals surface area contributed by atoms with Gasteiger partial charge in [-0.1, -0.05) is 6.07 Å². The van der Waals surface area contributed by atoms with Gasteiger partial charge in [0.15, 0.2) is 11.5 Å². The van der Waals surface area contributed by atoms with Crippen LogP contribution in [-0.4, -0.2) is 48.6 Å². The van der Waals surface area contributed by atoms with Crippen molar-refractivity contribution >= 4 is 17.6 Å². The number of nitrogens with zero attached hydrogens (tertiary/aromatic N) is 2. The van der Waals surface area contributed by atoms with E-state index in [1.165, 1.54) is 19.2 Å². The average molecular weight is 412 g/mol.